The van der Waals surface area contributed by atoms with Gasteiger partial charge in [-0.25, -0.2) is 0 Å². The third-order valence-corrected chi connectivity index (χ3v) is 2.34. The molecule has 0 aliphatic heterocycles. The first kappa shape index (κ1) is 10.0. The van der Waals surface area contributed by atoms with Crippen LogP contribution in [0.15, 0.2) is 24.3 Å². The molecule has 0 amide bonds. The van der Waals surface area contributed by atoms with E-state index in [1.54, 1.807) is 26.0 Å². The SMILES string of the molecule is CC(N)C(C)(O)c1ccc(O)cc1. The lowest BCUT2D eigenvalue weighted by atomic mass is 9.90. The summed E-state index contributed by atoms with van der Waals surface area (Å²) < 4.78 is 0. The fourth-order valence-corrected chi connectivity index (χ4v) is 1.06. The van der Waals surface area contributed by atoms with Crippen LogP contribution in [0.25, 0.3) is 0 Å². The topological polar surface area (TPSA) is 66.5 Å². The number of rotatable bonds is 2. The normalized spacial score (nSPS) is 17.8. The van der Waals surface area contributed by atoms with Crippen LogP contribution in [0.2, 0.25) is 0 Å². The van der Waals surface area contributed by atoms with Crippen molar-refractivity contribution < 1.29 is 10.2 Å². The average molecular weight is 181 g/mol. The molecule has 1 aromatic rings. The predicted octanol–water partition coefficient (Wildman–Crippen LogP) is 0.947. The van der Waals surface area contributed by atoms with Crippen LogP contribution in [0, 0.1) is 0 Å². The minimum Gasteiger partial charge on any atom is -0.508 e. The van der Waals surface area contributed by atoms with Gasteiger partial charge in [0.05, 0.1) is 0 Å². The molecule has 0 aliphatic rings. The summed E-state index contributed by atoms with van der Waals surface area (Å²) in [6.07, 6.45) is 0. The van der Waals surface area contributed by atoms with E-state index in [4.69, 9.17) is 10.8 Å². The zero-order valence-electron chi connectivity index (χ0n) is 7.86. The van der Waals surface area contributed by atoms with Crippen LogP contribution >= 0.6 is 0 Å². The number of hydrogen-bond acceptors (Lipinski definition) is 3. The molecule has 1 rings (SSSR count). The van der Waals surface area contributed by atoms with E-state index in [0.29, 0.717) is 5.56 Å². The average Bonchev–Trinajstić information content (AvgIpc) is 2.04. The molecule has 3 nitrogen and oxygen atoms in total. The van der Waals surface area contributed by atoms with Crippen molar-refractivity contribution in [2.24, 2.45) is 5.73 Å². The minimum atomic E-state index is -1.05. The highest BCUT2D eigenvalue weighted by atomic mass is 16.3. The molecule has 72 valence electrons. The number of hydrogen-bond donors (Lipinski definition) is 3. The first-order chi connectivity index (χ1) is 5.94. The molecule has 0 radical (unpaired) electrons. The van der Waals surface area contributed by atoms with Gasteiger partial charge in [0, 0.05) is 6.04 Å². The van der Waals surface area contributed by atoms with Gasteiger partial charge in [-0.2, -0.15) is 0 Å². The molecule has 0 aromatic heterocycles. The Morgan fingerprint density at radius 1 is 1.31 bits per heavy atom. The number of aliphatic hydroxyl groups is 1. The largest absolute Gasteiger partial charge is 0.508 e. The van der Waals surface area contributed by atoms with Crippen molar-refractivity contribution in [2.45, 2.75) is 25.5 Å². The molecule has 0 aliphatic carbocycles. The molecular weight excluding hydrogens is 166 g/mol. The van der Waals surface area contributed by atoms with Crippen molar-refractivity contribution in [1.29, 1.82) is 0 Å². The molecule has 0 saturated carbocycles. The fraction of sp³-hybridized carbons (Fsp3) is 0.400. The maximum atomic E-state index is 9.95. The zero-order valence-corrected chi connectivity index (χ0v) is 7.86. The molecule has 0 fully saturated rings. The highest BCUT2D eigenvalue weighted by Gasteiger charge is 2.27. The van der Waals surface area contributed by atoms with Crippen molar-refractivity contribution in [2.75, 3.05) is 0 Å². The molecule has 3 heteroatoms. The second kappa shape index (κ2) is 3.36. The van der Waals surface area contributed by atoms with E-state index in [1.807, 2.05) is 0 Å². The van der Waals surface area contributed by atoms with Crippen LogP contribution in [0.4, 0.5) is 0 Å². The maximum absolute atomic E-state index is 9.95. The van der Waals surface area contributed by atoms with Gasteiger partial charge in [0.1, 0.15) is 11.4 Å². The van der Waals surface area contributed by atoms with Gasteiger partial charge in [-0.3, -0.25) is 0 Å². The van der Waals surface area contributed by atoms with Crippen LogP contribution < -0.4 is 5.73 Å². The highest BCUT2D eigenvalue weighted by Crippen LogP contribution is 2.24. The predicted molar refractivity (Wildman–Crippen MR) is 51.3 cm³/mol. The van der Waals surface area contributed by atoms with E-state index in [9.17, 15) is 5.11 Å². The van der Waals surface area contributed by atoms with E-state index in [0.717, 1.165) is 0 Å². The molecular formula is C10H15NO2. The summed E-state index contributed by atoms with van der Waals surface area (Å²) in [4.78, 5) is 0. The maximum Gasteiger partial charge on any atom is 0.115 e. The summed E-state index contributed by atoms with van der Waals surface area (Å²) in [5.41, 5.74) is 5.29. The Morgan fingerprint density at radius 3 is 2.15 bits per heavy atom. The van der Waals surface area contributed by atoms with Crippen molar-refractivity contribution >= 4 is 0 Å². The lowest BCUT2D eigenvalue weighted by molar-refractivity contribution is 0.0349. The van der Waals surface area contributed by atoms with Crippen molar-refractivity contribution in [3.8, 4) is 5.75 Å². The molecule has 0 saturated heterocycles. The summed E-state index contributed by atoms with van der Waals surface area (Å²) in [5, 5.41) is 19.0. The summed E-state index contributed by atoms with van der Waals surface area (Å²) in [6.45, 7) is 3.40. The Hall–Kier alpha value is -1.06. The van der Waals surface area contributed by atoms with Gasteiger partial charge in [0.25, 0.3) is 0 Å². The number of phenols is 1. The summed E-state index contributed by atoms with van der Waals surface area (Å²) in [5.74, 6) is 0.184. The van der Waals surface area contributed by atoms with Gasteiger partial charge in [0.2, 0.25) is 0 Å². The Bertz CT molecular complexity index is 277. The van der Waals surface area contributed by atoms with Crippen LogP contribution in [0.3, 0.4) is 0 Å². The standard InChI is InChI=1S/C10H15NO2/c1-7(11)10(2,13)8-3-5-9(12)6-4-8/h3-7,12-13H,11H2,1-2H3. The van der Waals surface area contributed by atoms with Gasteiger partial charge < -0.3 is 15.9 Å². The Balaban J connectivity index is 3.01. The smallest absolute Gasteiger partial charge is 0.115 e. The number of phenolic OH excluding ortho intramolecular Hbond substituents is 1. The zero-order chi connectivity index (χ0) is 10.1. The van der Waals surface area contributed by atoms with Gasteiger partial charge >= 0.3 is 0 Å². The highest BCUT2D eigenvalue weighted by molar-refractivity contribution is 5.30. The van der Waals surface area contributed by atoms with E-state index in [2.05, 4.69) is 0 Å². The van der Waals surface area contributed by atoms with Gasteiger partial charge in [-0.1, -0.05) is 12.1 Å². The monoisotopic (exact) mass is 181 g/mol. The first-order valence-electron chi connectivity index (χ1n) is 4.22. The Kier molecular flexibility index (Phi) is 2.59. The molecule has 1 aromatic carbocycles. The molecule has 0 heterocycles. The van der Waals surface area contributed by atoms with E-state index >= 15 is 0 Å². The number of aromatic hydroxyl groups is 1. The van der Waals surface area contributed by atoms with Crippen molar-refractivity contribution in [1.82, 2.24) is 0 Å². The summed E-state index contributed by atoms with van der Waals surface area (Å²) in [6, 6.07) is 6.05. The Labute approximate surface area is 77.8 Å². The molecule has 13 heavy (non-hydrogen) atoms. The fourth-order valence-electron chi connectivity index (χ4n) is 1.06. The molecule has 0 bridgehead atoms. The van der Waals surface area contributed by atoms with Crippen molar-refractivity contribution in [3.63, 3.8) is 0 Å². The van der Waals surface area contributed by atoms with Crippen molar-refractivity contribution in [3.05, 3.63) is 29.8 Å². The second-order valence-electron chi connectivity index (χ2n) is 3.48. The van der Waals surface area contributed by atoms with Gasteiger partial charge in [0.15, 0.2) is 0 Å². The summed E-state index contributed by atoms with van der Waals surface area (Å²) >= 11 is 0. The number of nitrogens with two attached hydrogens (primary N) is 1. The lowest BCUT2D eigenvalue weighted by Gasteiger charge is -2.27. The summed E-state index contributed by atoms with van der Waals surface area (Å²) in [7, 11) is 0. The van der Waals surface area contributed by atoms with Crippen LogP contribution in [-0.2, 0) is 5.60 Å². The van der Waals surface area contributed by atoms with E-state index < -0.39 is 5.60 Å². The van der Waals surface area contributed by atoms with Crippen LogP contribution in [0.1, 0.15) is 19.4 Å². The number of benzene rings is 1. The second-order valence-corrected chi connectivity index (χ2v) is 3.48. The van der Waals surface area contributed by atoms with Gasteiger partial charge in [-0.05, 0) is 31.5 Å². The molecule has 2 unspecified atom stereocenters. The van der Waals surface area contributed by atoms with E-state index in [1.165, 1.54) is 12.1 Å². The van der Waals surface area contributed by atoms with Crippen LogP contribution in [-0.4, -0.2) is 16.3 Å². The molecule has 2 atom stereocenters. The third-order valence-electron chi connectivity index (χ3n) is 2.34. The lowest BCUT2D eigenvalue weighted by Crippen LogP contribution is -2.40. The molecule has 0 spiro atoms. The third kappa shape index (κ3) is 1.99. The minimum absolute atomic E-state index is 0.184. The van der Waals surface area contributed by atoms with Crippen LogP contribution in [0.5, 0.6) is 5.75 Å². The van der Waals surface area contributed by atoms with Gasteiger partial charge in [-0.15, -0.1) is 0 Å². The first-order valence-corrected chi connectivity index (χ1v) is 4.22. The quantitative estimate of drug-likeness (QED) is 0.636. The Morgan fingerprint density at radius 2 is 1.77 bits per heavy atom. The van der Waals surface area contributed by atoms with E-state index in [-0.39, 0.29) is 11.8 Å². The molecule has 4 N–H and O–H groups in total.